The highest BCUT2D eigenvalue weighted by Crippen LogP contribution is 2.74. The summed E-state index contributed by atoms with van der Waals surface area (Å²) in [5.74, 6) is 1.68. The predicted molar refractivity (Wildman–Crippen MR) is 158 cm³/mol. The molecule has 5 rings (SSSR count). The molecule has 228 valence electrons. The van der Waals surface area contributed by atoms with Gasteiger partial charge in [-0.2, -0.15) is 4.98 Å². The third-order valence-electron chi connectivity index (χ3n) is 12.4. The molecule has 0 aliphatic heterocycles. The number of aliphatic hydroxyl groups excluding tert-OH is 2. The SMILES string of the molecule is CCc1noc(/C(CCC=C(C)C)=C2\[C@@H](OC(C)=O)C[C@@]3(C)[C@H]2C[C@@H](O)C2[C@]3(C)CC[C@H]3[C@H](C)[C@H](O)CC[C@]23C)n1. The van der Waals surface area contributed by atoms with E-state index in [9.17, 15) is 15.0 Å². The van der Waals surface area contributed by atoms with E-state index in [-0.39, 0.29) is 52.2 Å². The number of carbonyl (C=O) groups excluding carboxylic acids is 1. The molecule has 1 unspecified atom stereocenters. The van der Waals surface area contributed by atoms with Crippen molar-refractivity contribution in [1.82, 2.24) is 10.1 Å². The van der Waals surface area contributed by atoms with E-state index in [2.05, 4.69) is 52.8 Å². The van der Waals surface area contributed by atoms with Gasteiger partial charge in [0, 0.05) is 18.9 Å². The molecule has 7 nitrogen and oxygen atoms in total. The first-order valence-corrected chi connectivity index (χ1v) is 16.0. The Hall–Kier alpha value is -1.99. The van der Waals surface area contributed by atoms with Crippen molar-refractivity contribution >= 4 is 11.5 Å². The molecule has 0 spiro atoms. The van der Waals surface area contributed by atoms with E-state index < -0.39 is 6.10 Å². The van der Waals surface area contributed by atoms with Crippen LogP contribution in [0.1, 0.15) is 118 Å². The number of fused-ring (bicyclic) bond motifs is 5. The smallest absolute Gasteiger partial charge is 0.303 e. The second-order valence-electron chi connectivity index (χ2n) is 14.7. The number of esters is 1. The van der Waals surface area contributed by atoms with Crippen LogP contribution in [0.2, 0.25) is 0 Å². The molecule has 1 heterocycles. The Morgan fingerprint density at radius 1 is 1.10 bits per heavy atom. The van der Waals surface area contributed by atoms with Gasteiger partial charge in [0.05, 0.1) is 12.2 Å². The zero-order valence-corrected chi connectivity index (χ0v) is 26.5. The lowest BCUT2D eigenvalue weighted by atomic mass is 9.36. The van der Waals surface area contributed by atoms with Crippen LogP contribution in [0.5, 0.6) is 0 Å². The van der Waals surface area contributed by atoms with Crippen molar-refractivity contribution in [3.05, 3.63) is 28.9 Å². The van der Waals surface area contributed by atoms with Gasteiger partial charge in [0.2, 0.25) is 0 Å². The molecule has 1 aromatic heterocycles. The maximum Gasteiger partial charge on any atom is 0.303 e. The van der Waals surface area contributed by atoms with Crippen LogP contribution >= 0.6 is 0 Å². The van der Waals surface area contributed by atoms with Gasteiger partial charge in [0.15, 0.2) is 5.82 Å². The van der Waals surface area contributed by atoms with Crippen molar-refractivity contribution < 1.29 is 24.3 Å². The molecule has 0 amide bonds. The molecule has 4 saturated carbocycles. The van der Waals surface area contributed by atoms with Crippen LogP contribution in [0.15, 0.2) is 21.7 Å². The fourth-order valence-electron chi connectivity index (χ4n) is 10.3. The molecule has 4 aliphatic carbocycles. The van der Waals surface area contributed by atoms with Gasteiger partial charge < -0.3 is 19.5 Å². The van der Waals surface area contributed by atoms with Crippen LogP contribution in [0.25, 0.3) is 5.57 Å². The summed E-state index contributed by atoms with van der Waals surface area (Å²) < 4.78 is 12.0. The highest BCUT2D eigenvalue weighted by atomic mass is 16.5. The van der Waals surface area contributed by atoms with Gasteiger partial charge in [-0.25, -0.2) is 0 Å². The Kier molecular flexibility index (Phi) is 8.12. The Bertz CT molecular complexity index is 1220. The number of ether oxygens (including phenoxy) is 1. The normalized spacial score (nSPS) is 43.0. The molecule has 7 heteroatoms. The van der Waals surface area contributed by atoms with Crippen LogP contribution in [0.3, 0.4) is 0 Å². The Morgan fingerprint density at radius 2 is 1.83 bits per heavy atom. The molecule has 0 saturated heterocycles. The number of carbonyl (C=O) groups is 1. The molecular formula is C34H52N2O5. The van der Waals surface area contributed by atoms with Gasteiger partial charge in [-0.1, -0.05) is 51.4 Å². The summed E-state index contributed by atoms with van der Waals surface area (Å²) in [7, 11) is 0. The number of hydrogen-bond acceptors (Lipinski definition) is 7. The fraction of sp³-hybridized carbons (Fsp3) is 0.794. The quantitative estimate of drug-likeness (QED) is 0.291. The third-order valence-corrected chi connectivity index (χ3v) is 12.4. The molecular weight excluding hydrogens is 516 g/mol. The minimum absolute atomic E-state index is 0.0357. The Labute approximate surface area is 246 Å². The first-order chi connectivity index (χ1) is 19.3. The number of allylic oxidation sites excluding steroid dienone is 3. The average molecular weight is 569 g/mol. The molecule has 4 aliphatic rings. The van der Waals surface area contributed by atoms with Crippen LogP contribution in [-0.2, 0) is 16.0 Å². The summed E-state index contributed by atoms with van der Waals surface area (Å²) in [5.41, 5.74) is 2.93. The largest absolute Gasteiger partial charge is 0.458 e. The van der Waals surface area contributed by atoms with Crippen LogP contribution in [0, 0.1) is 39.9 Å². The van der Waals surface area contributed by atoms with Crippen molar-refractivity contribution in [3.8, 4) is 0 Å². The molecule has 2 N–H and O–H groups in total. The van der Waals surface area contributed by atoms with Gasteiger partial charge in [-0.3, -0.25) is 4.79 Å². The van der Waals surface area contributed by atoms with Gasteiger partial charge >= 0.3 is 5.97 Å². The highest BCUT2D eigenvalue weighted by molar-refractivity contribution is 5.70. The standard InChI is InChI=1S/C34H52N2O5/c1-9-28-35-31(41-36-28)22(12-10-11-19(2)3)29-24-17-26(39)30-32(6)15-14-25(38)20(4)23(32)13-16-33(30,7)34(24,8)18-27(29)40-21(5)37/h11,20,23-27,30,38-39H,9-10,12-18H2,1-8H3/b29-22-/t20-,23-,24-,25+,26+,27-,30?,32-,33-,34-/m0/s1. The van der Waals surface area contributed by atoms with Gasteiger partial charge in [0.1, 0.15) is 6.10 Å². The molecule has 10 atom stereocenters. The van der Waals surface area contributed by atoms with E-state index in [0.717, 1.165) is 49.7 Å². The third kappa shape index (κ3) is 4.83. The Balaban J connectivity index is 1.65. The first kappa shape index (κ1) is 30.5. The minimum atomic E-state index is -0.479. The van der Waals surface area contributed by atoms with E-state index in [1.54, 1.807) is 0 Å². The minimum Gasteiger partial charge on any atom is -0.458 e. The lowest BCUT2D eigenvalue weighted by Crippen LogP contribution is -2.65. The summed E-state index contributed by atoms with van der Waals surface area (Å²) in [4.78, 5) is 17.3. The maximum absolute atomic E-state index is 12.5. The van der Waals surface area contributed by atoms with Gasteiger partial charge in [-0.15, -0.1) is 0 Å². The topological polar surface area (TPSA) is 106 Å². The molecule has 41 heavy (non-hydrogen) atoms. The predicted octanol–water partition coefficient (Wildman–Crippen LogP) is 6.68. The fourth-order valence-corrected chi connectivity index (χ4v) is 10.3. The number of aliphatic hydroxyl groups is 2. The monoisotopic (exact) mass is 568 g/mol. The number of hydrogen-bond donors (Lipinski definition) is 2. The van der Waals surface area contributed by atoms with E-state index in [1.165, 1.54) is 12.5 Å². The summed E-state index contributed by atoms with van der Waals surface area (Å²) in [6.45, 7) is 17.1. The lowest BCUT2D eigenvalue weighted by Gasteiger charge is -2.69. The molecule has 0 bridgehead atoms. The van der Waals surface area contributed by atoms with Gasteiger partial charge in [0.25, 0.3) is 5.89 Å². The molecule has 0 aromatic carbocycles. The summed E-state index contributed by atoms with van der Waals surface area (Å²) in [6, 6.07) is 0. The van der Waals surface area contributed by atoms with Gasteiger partial charge in [-0.05, 0) is 111 Å². The van der Waals surface area contributed by atoms with Crippen molar-refractivity contribution in [3.63, 3.8) is 0 Å². The van der Waals surface area contributed by atoms with Crippen LogP contribution in [0.4, 0.5) is 0 Å². The highest BCUT2D eigenvalue weighted by Gasteiger charge is 2.70. The second-order valence-corrected chi connectivity index (χ2v) is 14.7. The number of rotatable bonds is 6. The van der Waals surface area contributed by atoms with E-state index in [1.807, 2.05) is 6.92 Å². The van der Waals surface area contributed by atoms with Crippen molar-refractivity contribution in [2.45, 2.75) is 131 Å². The number of aromatic nitrogens is 2. The summed E-state index contributed by atoms with van der Waals surface area (Å²) in [5, 5.41) is 27.2. The van der Waals surface area contributed by atoms with Crippen LogP contribution in [-0.4, -0.2) is 44.6 Å². The second kappa shape index (κ2) is 10.9. The molecule has 0 radical (unpaired) electrons. The number of nitrogens with zero attached hydrogens (tertiary/aromatic N) is 2. The molecule has 4 fully saturated rings. The zero-order valence-electron chi connectivity index (χ0n) is 26.5. The number of aryl methyl sites for hydroxylation is 1. The summed E-state index contributed by atoms with van der Waals surface area (Å²) >= 11 is 0. The summed E-state index contributed by atoms with van der Waals surface area (Å²) in [6.07, 6.45) is 8.43. The zero-order chi connectivity index (χ0) is 29.9. The van der Waals surface area contributed by atoms with E-state index in [0.29, 0.717) is 36.9 Å². The Morgan fingerprint density at radius 3 is 2.46 bits per heavy atom. The average Bonchev–Trinajstić information content (AvgIpc) is 3.47. The lowest BCUT2D eigenvalue weighted by molar-refractivity contribution is -0.234. The van der Waals surface area contributed by atoms with E-state index in [4.69, 9.17) is 14.2 Å². The van der Waals surface area contributed by atoms with Crippen molar-refractivity contribution in [1.29, 1.82) is 0 Å². The van der Waals surface area contributed by atoms with Crippen LogP contribution < -0.4 is 0 Å². The maximum atomic E-state index is 12.5. The van der Waals surface area contributed by atoms with E-state index >= 15 is 0 Å². The first-order valence-electron chi connectivity index (χ1n) is 16.0. The van der Waals surface area contributed by atoms with Crippen molar-refractivity contribution in [2.24, 2.45) is 39.9 Å². The van der Waals surface area contributed by atoms with Crippen molar-refractivity contribution in [2.75, 3.05) is 0 Å². The molecule has 1 aromatic rings.